The minimum atomic E-state index is -0.904. The molecule has 2 heterocycles. The molecule has 1 unspecified atom stereocenters. The highest BCUT2D eigenvalue weighted by atomic mass is 32.1. The number of nitrogens with one attached hydrogen (secondary N) is 1. The van der Waals surface area contributed by atoms with Crippen LogP contribution in [0.5, 0.6) is 0 Å². The van der Waals surface area contributed by atoms with Crippen LogP contribution in [0.15, 0.2) is 0 Å². The molecule has 1 aliphatic carbocycles. The fraction of sp³-hybridized carbons (Fsp3) is 0.750. The first-order valence-electron chi connectivity index (χ1n) is 12.0. The van der Waals surface area contributed by atoms with Crippen LogP contribution in [0.25, 0.3) is 0 Å². The molecule has 0 radical (unpaired) electrons. The average Bonchev–Trinajstić information content (AvgIpc) is 3.44. The van der Waals surface area contributed by atoms with Crippen molar-refractivity contribution < 1.29 is 28.6 Å². The highest BCUT2D eigenvalue weighted by Crippen LogP contribution is 2.33. The molecule has 0 spiro atoms. The van der Waals surface area contributed by atoms with Crippen LogP contribution < -0.4 is 10.2 Å². The van der Waals surface area contributed by atoms with Crippen molar-refractivity contribution in [2.24, 2.45) is 5.92 Å². The molecule has 1 N–H and O–H groups in total. The van der Waals surface area contributed by atoms with Crippen molar-refractivity contribution in [2.45, 2.75) is 97.4 Å². The van der Waals surface area contributed by atoms with E-state index >= 15 is 0 Å². The van der Waals surface area contributed by atoms with Gasteiger partial charge in [0, 0.05) is 18.5 Å². The van der Waals surface area contributed by atoms with E-state index in [1.54, 1.807) is 41.5 Å². The van der Waals surface area contributed by atoms with Crippen LogP contribution in [0.4, 0.5) is 15.4 Å². The third-order valence-corrected chi connectivity index (χ3v) is 6.33. The molecule has 2 aliphatic rings. The van der Waals surface area contributed by atoms with Gasteiger partial charge in [-0.05, 0) is 71.8 Å². The summed E-state index contributed by atoms with van der Waals surface area (Å²) in [6.45, 7) is 11.4. The molecule has 0 bridgehead atoms. The van der Waals surface area contributed by atoms with E-state index in [-0.39, 0.29) is 17.8 Å². The van der Waals surface area contributed by atoms with Gasteiger partial charge in [-0.2, -0.15) is 9.27 Å². The standard InChI is InChI=1S/C24H37N3O6S/c1-23(2,3)32-21(29)27(22(30)33-24(4,5)6)19-17(12-16-14-31-16)18(34-26-19)20(28)25-13-15-10-8-7-9-11-15/h15-16H,7-14H2,1-6H3,(H,25,28). The van der Waals surface area contributed by atoms with Crippen molar-refractivity contribution in [3.63, 3.8) is 0 Å². The number of carbonyl (C=O) groups is 3. The van der Waals surface area contributed by atoms with Crippen LogP contribution in [0.3, 0.4) is 0 Å². The van der Waals surface area contributed by atoms with Crippen molar-refractivity contribution in [1.82, 2.24) is 9.69 Å². The summed E-state index contributed by atoms with van der Waals surface area (Å²) in [6, 6.07) is 0. The van der Waals surface area contributed by atoms with E-state index in [4.69, 9.17) is 14.2 Å². The van der Waals surface area contributed by atoms with E-state index in [2.05, 4.69) is 9.69 Å². The van der Waals surface area contributed by atoms with Crippen molar-refractivity contribution in [1.29, 1.82) is 0 Å². The SMILES string of the molecule is CC(C)(C)OC(=O)N(C(=O)OC(C)(C)C)c1nsc(C(=O)NCC2CCCCC2)c1CC1CO1. The Balaban J connectivity index is 1.89. The molecular weight excluding hydrogens is 458 g/mol. The molecule has 1 atom stereocenters. The zero-order valence-corrected chi connectivity index (χ0v) is 21.9. The molecule has 1 saturated carbocycles. The number of epoxide rings is 1. The molecule has 0 aromatic carbocycles. The van der Waals surface area contributed by atoms with Crippen LogP contribution in [0, 0.1) is 5.92 Å². The second kappa shape index (κ2) is 10.6. The second-order valence-electron chi connectivity index (χ2n) is 11.0. The van der Waals surface area contributed by atoms with E-state index in [1.807, 2.05) is 0 Å². The molecule has 9 nitrogen and oxygen atoms in total. The lowest BCUT2D eigenvalue weighted by Gasteiger charge is -2.28. The number of ether oxygens (including phenoxy) is 3. The molecule has 34 heavy (non-hydrogen) atoms. The van der Waals surface area contributed by atoms with E-state index < -0.39 is 23.4 Å². The number of aromatic nitrogens is 1. The van der Waals surface area contributed by atoms with Crippen LogP contribution in [-0.2, 0) is 20.6 Å². The van der Waals surface area contributed by atoms with Crippen LogP contribution >= 0.6 is 11.5 Å². The number of hydrogen-bond acceptors (Lipinski definition) is 8. The first-order chi connectivity index (χ1) is 15.8. The molecule has 2 fully saturated rings. The van der Waals surface area contributed by atoms with Gasteiger partial charge in [0.1, 0.15) is 16.1 Å². The summed E-state index contributed by atoms with van der Waals surface area (Å²) < 4.78 is 20.7. The van der Waals surface area contributed by atoms with Crippen LogP contribution in [0.2, 0.25) is 0 Å². The van der Waals surface area contributed by atoms with Crippen molar-refractivity contribution >= 4 is 35.4 Å². The Labute approximate surface area is 205 Å². The van der Waals surface area contributed by atoms with Crippen molar-refractivity contribution in [2.75, 3.05) is 18.1 Å². The summed E-state index contributed by atoms with van der Waals surface area (Å²) in [4.78, 5) is 40.5. The van der Waals surface area contributed by atoms with Crippen LogP contribution in [-0.4, -0.2) is 52.9 Å². The van der Waals surface area contributed by atoms with Gasteiger partial charge in [-0.3, -0.25) is 4.79 Å². The highest BCUT2D eigenvalue weighted by molar-refractivity contribution is 7.08. The zero-order valence-electron chi connectivity index (χ0n) is 21.1. The highest BCUT2D eigenvalue weighted by Gasteiger charge is 2.39. The Bertz CT molecular complexity index is 864. The fourth-order valence-electron chi connectivity index (χ4n) is 3.82. The molecular formula is C24H37N3O6S. The molecule has 3 amide bonds. The Hall–Kier alpha value is -2.20. The number of anilines is 1. The quantitative estimate of drug-likeness (QED) is 0.549. The Morgan fingerprint density at radius 1 is 1.03 bits per heavy atom. The topological polar surface area (TPSA) is 110 Å². The average molecular weight is 496 g/mol. The van der Waals surface area contributed by atoms with E-state index in [9.17, 15) is 14.4 Å². The number of imide groups is 1. The van der Waals surface area contributed by atoms with E-state index in [0.717, 1.165) is 29.3 Å². The summed E-state index contributed by atoms with van der Waals surface area (Å²) in [5.74, 6) is 0.283. The van der Waals surface area contributed by atoms with Gasteiger partial charge in [0.05, 0.1) is 12.7 Å². The van der Waals surface area contributed by atoms with Crippen molar-refractivity contribution in [3.05, 3.63) is 10.4 Å². The van der Waals surface area contributed by atoms with Gasteiger partial charge in [-0.15, -0.1) is 0 Å². The summed E-state index contributed by atoms with van der Waals surface area (Å²) in [5.41, 5.74) is -1.19. The minimum absolute atomic E-state index is 0.0619. The van der Waals surface area contributed by atoms with Gasteiger partial charge in [0.2, 0.25) is 0 Å². The second-order valence-corrected chi connectivity index (χ2v) is 11.8. The molecule has 1 saturated heterocycles. The maximum atomic E-state index is 13.1. The van der Waals surface area contributed by atoms with E-state index in [1.165, 1.54) is 19.3 Å². The molecule has 10 heteroatoms. The molecule has 190 valence electrons. The van der Waals surface area contributed by atoms with Gasteiger partial charge in [-0.25, -0.2) is 9.59 Å². The Kier molecular flexibility index (Phi) is 8.23. The van der Waals surface area contributed by atoms with Crippen molar-refractivity contribution in [3.8, 4) is 0 Å². The maximum Gasteiger partial charge on any atom is 0.425 e. The van der Waals surface area contributed by atoms with Gasteiger partial charge in [0.25, 0.3) is 5.91 Å². The zero-order chi connectivity index (χ0) is 25.1. The molecule has 1 aliphatic heterocycles. The first-order valence-corrected chi connectivity index (χ1v) is 12.8. The lowest BCUT2D eigenvalue weighted by Crippen LogP contribution is -2.44. The smallest absolute Gasteiger partial charge is 0.425 e. The van der Waals surface area contributed by atoms with Gasteiger partial charge >= 0.3 is 12.2 Å². The molecule has 1 aromatic rings. The van der Waals surface area contributed by atoms with E-state index in [0.29, 0.717) is 35.9 Å². The van der Waals surface area contributed by atoms with Gasteiger partial charge in [-0.1, -0.05) is 19.3 Å². The molecule has 3 rings (SSSR count). The van der Waals surface area contributed by atoms with Gasteiger partial charge < -0.3 is 19.5 Å². The lowest BCUT2D eigenvalue weighted by molar-refractivity contribution is 0.0428. The number of amides is 3. The number of nitrogens with zero attached hydrogens (tertiary/aromatic N) is 2. The Morgan fingerprint density at radius 3 is 2.09 bits per heavy atom. The third-order valence-electron chi connectivity index (χ3n) is 5.45. The number of carbonyl (C=O) groups excluding carboxylic acids is 3. The summed E-state index contributed by atoms with van der Waals surface area (Å²) in [5, 5.41) is 3.03. The van der Waals surface area contributed by atoms with Crippen LogP contribution in [0.1, 0.15) is 88.9 Å². The summed E-state index contributed by atoms with van der Waals surface area (Å²) >= 11 is 0.965. The Morgan fingerprint density at radius 2 is 1.59 bits per heavy atom. The minimum Gasteiger partial charge on any atom is -0.443 e. The van der Waals surface area contributed by atoms with Gasteiger partial charge in [0.15, 0.2) is 5.82 Å². The fourth-order valence-corrected chi connectivity index (χ4v) is 4.63. The third kappa shape index (κ3) is 7.66. The summed E-state index contributed by atoms with van der Waals surface area (Å²) in [7, 11) is 0. The predicted molar refractivity (Wildman–Crippen MR) is 129 cm³/mol. The number of hydrogen-bond donors (Lipinski definition) is 1. The number of rotatable bonds is 6. The predicted octanol–water partition coefficient (Wildman–Crippen LogP) is 5.07. The summed E-state index contributed by atoms with van der Waals surface area (Å²) in [6.07, 6.45) is 4.33. The maximum absolute atomic E-state index is 13.1. The largest absolute Gasteiger partial charge is 0.443 e. The first kappa shape index (κ1) is 26.4. The molecule has 1 aromatic heterocycles. The normalized spacial score (nSPS) is 18.8. The lowest BCUT2D eigenvalue weighted by atomic mass is 9.89. The monoisotopic (exact) mass is 495 g/mol.